The van der Waals surface area contributed by atoms with Crippen LogP contribution < -0.4 is 19.3 Å². The maximum absolute atomic E-state index is 17.2. The Hall–Kier alpha value is -12.7. The number of hydrogen-bond donors (Lipinski definition) is 0. The third kappa shape index (κ3) is 9.83. The Bertz CT molecular complexity index is 5270. The molecule has 1 heterocycles. The molecule has 2 unspecified atom stereocenters. The predicted molar refractivity (Wildman–Crippen MR) is 391 cm³/mol. The monoisotopic (exact) mass is 1290 g/mol. The van der Waals surface area contributed by atoms with E-state index in [0.717, 1.165) is 89.4 Å². The molecule has 5 nitrogen and oxygen atoms in total. The minimum Gasteiger partial charge on any atom is -0.457 e. The largest absolute Gasteiger partial charge is 0.457 e. The molecule has 2 aliphatic rings. The zero-order valence-electron chi connectivity index (χ0n) is 53.2. The van der Waals surface area contributed by atoms with Crippen LogP contribution in [0, 0.1) is 23.3 Å². The van der Waals surface area contributed by atoms with Crippen LogP contribution in [0.1, 0.15) is 55.6 Å². The van der Waals surface area contributed by atoms with Gasteiger partial charge in [0.05, 0.1) is 10.8 Å². The Morgan fingerprint density at radius 2 is 0.616 bits per heavy atom. The summed E-state index contributed by atoms with van der Waals surface area (Å²) in [4.78, 5) is 4.32. The van der Waals surface area contributed by atoms with E-state index in [2.05, 4.69) is 71.5 Å². The fourth-order valence-corrected chi connectivity index (χ4v) is 15.2. The number of halogens is 4. The first-order chi connectivity index (χ1) is 48.6. The van der Waals surface area contributed by atoms with Crippen LogP contribution in [0.15, 0.2) is 333 Å². The summed E-state index contributed by atoms with van der Waals surface area (Å²) in [5.74, 6) is -0.347. The molecule has 0 saturated heterocycles. The quantitative estimate of drug-likeness (QED) is 0.0902. The summed E-state index contributed by atoms with van der Waals surface area (Å²) >= 11 is 0. The molecule has 0 spiro atoms. The highest BCUT2D eigenvalue weighted by molar-refractivity contribution is 6.08. The number of anilines is 6. The van der Waals surface area contributed by atoms with E-state index < -0.39 is 34.1 Å². The lowest BCUT2D eigenvalue weighted by Crippen LogP contribution is -2.31. The zero-order chi connectivity index (χ0) is 66.9. The van der Waals surface area contributed by atoms with Gasteiger partial charge in [-0.3, -0.25) is 0 Å². The zero-order valence-corrected chi connectivity index (χ0v) is 53.2. The lowest BCUT2D eigenvalue weighted by molar-refractivity contribution is 0.481. The molecule has 2 atom stereocenters. The van der Waals surface area contributed by atoms with Gasteiger partial charge in [-0.2, -0.15) is 0 Å². The van der Waals surface area contributed by atoms with Crippen molar-refractivity contribution in [1.82, 2.24) is 0 Å². The van der Waals surface area contributed by atoms with Gasteiger partial charge in [-0.05, 0) is 224 Å². The van der Waals surface area contributed by atoms with Crippen LogP contribution in [-0.2, 0) is 10.8 Å². The van der Waals surface area contributed by atoms with E-state index in [9.17, 15) is 0 Å². The van der Waals surface area contributed by atoms with Gasteiger partial charge in [0.2, 0.25) is 0 Å². The molecule has 0 amide bonds. The van der Waals surface area contributed by atoms with E-state index in [1.165, 1.54) is 36.4 Å². The molecule has 9 heteroatoms. The molecule has 2 aliphatic carbocycles. The van der Waals surface area contributed by atoms with Crippen LogP contribution in [0.4, 0.5) is 51.7 Å². The van der Waals surface area contributed by atoms with Crippen LogP contribution in [0.3, 0.4) is 0 Å². The molecule has 17 rings (SSSR count). The molecule has 0 aliphatic heterocycles. The number of nitrogens with zero attached hydrogens (tertiary/aromatic N) is 2. The third-order valence-corrected chi connectivity index (χ3v) is 19.5. The molecule has 474 valence electrons. The number of hydrogen-bond acceptors (Lipinski definition) is 5. The fraction of sp³-hybridized carbons (Fsp3) is 0.0222. The van der Waals surface area contributed by atoms with Crippen LogP contribution in [0.2, 0.25) is 0 Å². The summed E-state index contributed by atoms with van der Waals surface area (Å²) in [7, 11) is 0. The Balaban J connectivity index is 0.809. The van der Waals surface area contributed by atoms with Crippen LogP contribution in [0.5, 0.6) is 23.0 Å². The molecule has 0 N–H and O–H groups in total. The van der Waals surface area contributed by atoms with Gasteiger partial charge >= 0.3 is 0 Å². The fourth-order valence-electron chi connectivity index (χ4n) is 15.2. The van der Waals surface area contributed by atoms with E-state index in [4.69, 9.17) is 13.9 Å². The van der Waals surface area contributed by atoms with Crippen molar-refractivity contribution in [2.24, 2.45) is 0 Å². The number of rotatable bonds is 16. The maximum Gasteiger partial charge on any atom is 0.135 e. The first-order valence-electron chi connectivity index (χ1n) is 32.7. The minimum atomic E-state index is -1.48. The number of ether oxygens (including phenoxy) is 2. The number of furan rings is 1. The topological polar surface area (TPSA) is 38.1 Å². The van der Waals surface area contributed by atoms with E-state index in [1.807, 2.05) is 231 Å². The highest BCUT2D eigenvalue weighted by Gasteiger charge is 2.51. The molecule has 0 saturated carbocycles. The molecule has 0 fully saturated rings. The second kappa shape index (κ2) is 24.2. The smallest absolute Gasteiger partial charge is 0.135 e. The molecular weight excluding hydrogens is 1230 g/mol. The first kappa shape index (κ1) is 60.0. The summed E-state index contributed by atoms with van der Waals surface area (Å²) in [5, 5.41) is 1.65. The van der Waals surface area contributed by atoms with Gasteiger partial charge in [-0.25, -0.2) is 17.6 Å². The van der Waals surface area contributed by atoms with E-state index in [1.54, 1.807) is 12.2 Å². The van der Waals surface area contributed by atoms with Crippen molar-refractivity contribution in [3.8, 4) is 45.3 Å². The molecular formula is C90H58F4N2O3. The third-order valence-electron chi connectivity index (χ3n) is 19.5. The highest BCUT2D eigenvalue weighted by atomic mass is 19.1. The molecule has 99 heavy (non-hydrogen) atoms. The normalized spacial score (nSPS) is 14.8. The van der Waals surface area contributed by atoms with Gasteiger partial charge in [0.15, 0.2) is 0 Å². The summed E-state index contributed by atoms with van der Waals surface area (Å²) in [6, 6.07) is 98.8. The molecule has 14 aromatic carbocycles. The number of benzene rings is 14. The van der Waals surface area contributed by atoms with Gasteiger partial charge in [0.1, 0.15) is 57.4 Å². The van der Waals surface area contributed by atoms with Gasteiger partial charge in [-0.1, -0.05) is 183 Å². The molecule has 1 aromatic heterocycles. The SMILES string of the molecule is C=Cc1ccc(Oc2ccc(C3(c4c(F)cccc4F)c4ccccc4-c4ccc(N(c5ccccc5)c5ccc6oc7ccc(N(c8ccccc8)c8ccc9c(c8)C(c8ccc(Oc%10ccc(C=C)cc%10)cc8)(c8c(F)cccc8F)c8ccccc8-9)cc7c6c5)cc43)cc2)cc1. The van der Waals surface area contributed by atoms with E-state index >= 15 is 17.6 Å². The van der Waals surface area contributed by atoms with Crippen molar-refractivity contribution in [1.29, 1.82) is 0 Å². The van der Waals surface area contributed by atoms with Gasteiger partial charge in [0, 0.05) is 56.0 Å². The van der Waals surface area contributed by atoms with E-state index in [0.29, 0.717) is 56.4 Å². The average molecular weight is 1290 g/mol. The lowest BCUT2D eigenvalue weighted by Gasteiger charge is -2.35. The second-order valence-electron chi connectivity index (χ2n) is 24.8. The Labute approximate surface area is 569 Å². The summed E-state index contributed by atoms with van der Waals surface area (Å²) < 4.78 is 88.2. The maximum atomic E-state index is 17.2. The van der Waals surface area contributed by atoms with Crippen LogP contribution in [-0.4, -0.2) is 0 Å². The summed E-state index contributed by atoms with van der Waals surface area (Å²) in [5.41, 5.74) is 12.4. The predicted octanol–water partition coefficient (Wildman–Crippen LogP) is 24.7. The van der Waals surface area contributed by atoms with Crippen LogP contribution >= 0.6 is 0 Å². The van der Waals surface area contributed by atoms with Gasteiger partial charge in [0.25, 0.3) is 0 Å². The Morgan fingerprint density at radius 3 is 0.990 bits per heavy atom. The van der Waals surface area contributed by atoms with Crippen LogP contribution in [0.25, 0.3) is 56.3 Å². The van der Waals surface area contributed by atoms with Crippen molar-refractivity contribution < 1.29 is 31.5 Å². The number of para-hydroxylation sites is 2. The first-order valence-corrected chi connectivity index (χ1v) is 32.7. The lowest BCUT2D eigenvalue weighted by atomic mass is 9.67. The summed E-state index contributed by atoms with van der Waals surface area (Å²) in [6.45, 7) is 7.75. The summed E-state index contributed by atoms with van der Waals surface area (Å²) in [6.07, 6.45) is 3.54. The Morgan fingerprint density at radius 1 is 0.293 bits per heavy atom. The molecule has 0 radical (unpaired) electrons. The molecule has 15 aromatic rings. The number of fused-ring (bicyclic) bond motifs is 9. The minimum absolute atomic E-state index is 0.0913. The standard InChI is InChI=1S/C90H58F4N2O3/c1-3-57-29-41-67(42-30-57)97-69-45-33-59(34-46-69)89(87-81(91)25-15-26-82(87)92)77-23-13-11-21-71(77)73-49-37-65(55-79(73)89)95(61-17-7-5-8-18-61)63-39-51-85-75(53-63)76-54-64(40-52-86(76)99-85)96(62-19-9-6-10-20-62)66-38-50-74-72-22-12-14-24-78(72)90(80(74)56-66,88-83(93)27-16-28-84(88)94)60-35-47-70(48-36-60)98-68-43-31-58(4-2)32-44-68/h3-56H,1-2H2. The molecule has 0 bridgehead atoms. The average Bonchev–Trinajstić information content (AvgIpc) is 1.55. The van der Waals surface area contributed by atoms with Gasteiger partial charge in [-0.15, -0.1) is 0 Å². The van der Waals surface area contributed by atoms with Crippen molar-refractivity contribution in [2.75, 3.05) is 9.80 Å². The Kier molecular flexibility index (Phi) is 14.6. The van der Waals surface area contributed by atoms with E-state index in [-0.39, 0.29) is 11.1 Å². The van der Waals surface area contributed by atoms with Gasteiger partial charge < -0.3 is 23.7 Å². The second-order valence-corrected chi connectivity index (χ2v) is 24.8. The van der Waals surface area contributed by atoms with Crippen molar-refractivity contribution >= 4 is 68.2 Å². The van der Waals surface area contributed by atoms with Crippen molar-refractivity contribution in [3.63, 3.8) is 0 Å². The van der Waals surface area contributed by atoms with Crippen molar-refractivity contribution in [2.45, 2.75) is 10.8 Å². The van der Waals surface area contributed by atoms with Crippen molar-refractivity contribution in [3.05, 3.63) is 408 Å². The highest BCUT2D eigenvalue weighted by Crippen LogP contribution is 2.61.